The lowest BCUT2D eigenvalue weighted by Crippen LogP contribution is -2.39. The number of nitrogens with one attached hydrogen (secondary N) is 1. The number of unbranched alkanes of at least 4 members (excludes halogenated alkanes) is 1. The predicted octanol–water partition coefficient (Wildman–Crippen LogP) is 2.54. The van der Waals surface area contributed by atoms with Crippen molar-refractivity contribution in [3.63, 3.8) is 0 Å². The highest BCUT2D eigenvalue weighted by Crippen LogP contribution is 2.25. The van der Waals surface area contributed by atoms with Crippen LogP contribution >= 0.6 is 0 Å². The highest BCUT2D eigenvalue weighted by molar-refractivity contribution is 5.50. The minimum atomic E-state index is 0.576. The van der Waals surface area contributed by atoms with Gasteiger partial charge in [0, 0.05) is 19.1 Å². The van der Waals surface area contributed by atoms with E-state index >= 15 is 0 Å². The second-order valence-corrected chi connectivity index (χ2v) is 5.65. The van der Waals surface area contributed by atoms with Gasteiger partial charge in [0.2, 0.25) is 5.88 Å². The fourth-order valence-electron chi connectivity index (χ4n) is 2.84. The molecule has 0 bridgehead atoms. The molecule has 1 fully saturated rings. The van der Waals surface area contributed by atoms with Gasteiger partial charge in [-0.1, -0.05) is 13.3 Å². The van der Waals surface area contributed by atoms with Crippen LogP contribution in [0.4, 0.5) is 5.82 Å². The number of anilines is 1. The van der Waals surface area contributed by atoms with E-state index in [0.717, 1.165) is 31.0 Å². The van der Waals surface area contributed by atoms with Crippen LogP contribution in [0.25, 0.3) is 0 Å². The topological polar surface area (TPSA) is 50.3 Å². The summed E-state index contributed by atoms with van der Waals surface area (Å²) >= 11 is 0. The van der Waals surface area contributed by atoms with E-state index in [1.165, 1.54) is 25.7 Å². The Morgan fingerprint density at radius 1 is 1.38 bits per heavy atom. The Morgan fingerprint density at radius 3 is 2.90 bits per heavy atom. The van der Waals surface area contributed by atoms with Crippen LogP contribution in [0, 0.1) is 6.92 Å². The average Bonchev–Trinajstić information content (AvgIpc) is 2.99. The van der Waals surface area contributed by atoms with Crippen molar-refractivity contribution in [3.8, 4) is 5.88 Å². The second-order valence-electron chi connectivity index (χ2n) is 5.65. The molecule has 0 radical (unpaired) electrons. The van der Waals surface area contributed by atoms with Gasteiger partial charge in [-0.2, -0.15) is 0 Å². The van der Waals surface area contributed by atoms with Gasteiger partial charge in [-0.15, -0.1) is 0 Å². The maximum absolute atomic E-state index is 5.61. The predicted molar refractivity (Wildman–Crippen MR) is 86.1 cm³/mol. The van der Waals surface area contributed by atoms with E-state index in [9.17, 15) is 0 Å². The number of hydrogen-bond donors (Lipinski definition) is 1. The zero-order chi connectivity index (χ0) is 15.1. The lowest BCUT2D eigenvalue weighted by molar-refractivity contribution is 0.323. The van der Waals surface area contributed by atoms with Crippen molar-refractivity contribution in [1.29, 1.82) is 0 Å². The molecule has 0 aromatic carbocycles. The van der Waals surface area contributed by atoms with Crippen molar-refractivity contribution in [2.24, 2.45) is 0 Å². The molecule has 1 N–H and O–H groups in total. The van der Waals surface area contributed by atoms with Crippen molar-refractivity contribution in [1.82, 2.24) is 15.3 Å². The fraction of sp³-hybridized carbons (Fsp3) is 0.750. The molecule has 21 heavy (non-hydrogen) atoms. The number of nitrogens with zero attached hydrogens (tertiary/aromatic N) is 3. The van der Waals surface area contributed by atoms with Crippen LogP contribution in [-0.4, -0.2) is 42.3 Å². The minimum Gasteiger partial charge on any atom is -0.478 e. The Morgan fingerprint density at radius 2 is 2.24 bits per heavy atom. The first-order chi connectivity index (χ1) is 10.3. The Hall–Kier alpha value is -1.36. The smallest absolute Gasteiger partial charge is 0.221 e. The molecular weight excluding hydrogens is 264 g/mol. The number of hydrogen-bond acceptors (Lipinski definition) is 5. The first-order valence-electron chi connectivity index (χ1n) is 8.19. The molecule has 1 atom stereocenters. The first kappa shape index (κ1) is 16.0. The van der Waals surface area contributed by atoms with Crippen LogP contribution in [0.15, 0.2) is 6.33 Å². The standard InChI is InChI=1S/C16H28N4O/c1-4-6-10-20(11-14-8-7-9-17-14)15-13(3)16(21-5-2)19-12-18-15/h12,14,17H,4-11H2,1-3H3. The largest absolute Gasteiger partial charge is 0.478 e. The lowest BCUT2D eigenvalue weighted by atomic mass is 10.2. The van der Waals surface area contributed by atoms with Crippen LogP contribution in [-0.2, 0) is 0 Å². The minimum absolute atomic E-state index is 0.576. The van der Waals surface area contributed by atoms with Crippen LogP contribution in [0.1, 0.15) is 45.1 Å². The molecule has 118 valence electrons. The molecule has 0 saturated carbocycles. The monoisotopic (exact) mass is 292 g/mol. The van der Waals surface area contributed by atoms with Crippen molar-refractivity contribution < 1.29 is 4.74 Å². The van der Waals surface area contributed by atoms with E-state index in [-0.39, 0.29) is 0 Å². The van der Waals surface area contributed by atoms with Gasteiger partial charge in [0.15, 0.2) is 0 Å². The maximum atomic E-state index is 5.61. The Bertz CT molecular complexity index is 432. The molecule has 5 heteroatoms. The summed E-state index contributed by atoms with van der Waals surface area (Å²) in [6.45, 7) is 10.1. The molecule has 1 aliphatic rings. The van der Waals surface area contributed by atoms with E-state index in [1.54, 1.807) is 6.33 Å². The van der Waals surface area contributed by atoms with E-state index in [1.807, 2.05) is 6.92 Å². The lowest BCUT2D eigenvalue weighted by Gasteiger charge is -2.28. The highest BCUT2D eigenvalue weighted by atomic mass is 16.5. The molecule has 1 saturated heterocycles. The number of ether oxygens (including phenoxy) is 1. The third kappa shape index (κ3) is 4.30. The molecule has 1 unspecified atom stereocenters. The number of aromatic nitrogens is 2. The molecule has 0 aliphatic carbocycles. The third-order valence-corrected chi connectivity index (χ3v) is 3.98. The van der Waals surface area contributed by atoms with Gasteiger partial charge in [0.1, 0.15) is 12.1 Å². The van der Waals surface area contributed by atoms with Gasteiger partial charge in [0.05, 0.1) is 12.2 Å². The fourth-order valence-corrected chi connectivity index (χ4v) is 2.84. The maximum Gasteiger partial charge on any atom is 0.221 e. The highest BCUT2D eigenvalue weighted by Gasteiger charge is 2.21. The summed E-state index contributed by atoms with van der Waals surface area (Å²) in [4.78, 5) is 11.2. The van der Waals surface area contributed by atoms with E-state index < -0.39 is 0 Å². The summed E-state index contributed by atoms with van der Waals surface area (Å²) < 4.78 is 5.61. The normalized spacial score (nSPS) is 18.0. The van der Waals surface area contributed by atoms with Gasteiger partial charge in [0.25, 0.3) is 0 Å². The summed E-state index contributed by atoms with van der Waals surface area (Å²) in [7, 11) is 0. The summed E-state index contributed by atoms with van der Waals surface area (Å²) in [6.07, 6.45) is 6.52. The zero-order valence-corrected chi connectivity index (χ0v) is 13.6. The molecule has 5 nitrogen and oxygen atoms in total. The van der Waals surface area contributed by atoms with Crippen molar-refractivity contribution in [3.05, 3.63) is 11.9 Å². The number of rotatable bonds is 8. The van der Waals surface area contributed by atoms with Crippen LogP contribution in [0.5, 0.6) is 5.88 Å². The van der Waals surface area contributed by atoms with E-state index in [2.05, 4.69) is 34.0 Å². The Labute approximate surface area is 128 Å². The quantitative estimate of drug-likeness (QED) is 0.798. The van der Waals surface area contributed by atoms with Crippen molar-refractivity contribution in [2.75, 3.05) is 31.1 Å². The molecular formula is C16H28N4O. The van der Waals surface area contributed by atoms with Crippen molar-refractivity contribution >= 4 is 5.82 Å². The van der Waals surface area contributed by atoms with Crippen molar-refractivity contribution in [2.45, 2.75) is 52.5 Å². The SMILES string of the molecule is CCCCN(CC1CCCN1)c1ncnc(OCC)c1C. The van der Waals surface area contributed by atoms with E-state index in [0.29, 0.717) is 18.5 Å². The molecule has 0 spiro atoms. The zero-order valence-electron chi connectivity index (χ0n) is 13.6. The van der Waals surface area contributed by atoms with Gasteiger partial charge >= 0.3 is 0 Å². The molecule has 0 amide bonds. The van der Waals surface area contributed by atoms with Crippen LogP contribution in [0.3, 0.4) is 0 Å². The Balaban J connectivity index is 2.16. The van der Waals surface area contributed by atoms with E-state index in [4.69, 9.17) is 4.74 Å². The molecule has 2 rings (SSSR count). The molecule has 1 aromatic heterocycles. The van der Waals surface area contributed by atoms with Gasteiger partial charge in [-0.05, 0) is 39.7 Å². The third-order valence-electron chi connectivity index (χ3n) is 3.98. The van der Waals surface area contributed by atoms with Gasteiger partial charge in [-0.3, -0.25) is 0 Å². The van der Waals surface area contributed by atoms with Gasteiger partial charge < -0.3 is 15.0 Å². The average molecular weight is 292 g/mol. The molecule has 2 heterocycles. The summed E-state index contributed by atoms with van der Waals surface area (Å²) in [5.74, 6) is 1.74. The summed E-state index contributed by atoms with van der Waals surface area (Å²) in [6, 6.07) is 0.576. The van der Waals surface area contributed by atoms with Crippen LogP contribution in [0.2, 0.25) is 0 Å². The molecule has 1 aromatic rings. The van der Waals surface area contributed by atoms with Crippen LogP contribution < -0.4 is 15.0 Å². The molecule has 1 aliphatic heterocycles. The second kappa shape index (κ2) is 8.17. The summed E-state index contributed by atoms with van der Waals surface area (Å²) in [5.41, 5.74) is 1.05. The first-order valence-corrected chi connectivity index (χ1v) is 8.19. The van der Waals surface area contributed by atoms with Gasteiger partial charge in [-0.25, -0.2) is 9.97 Å². The summed E-state index contributed by atoms with van der Waals surface area (Å²) in [5, 5.41) is 3.58. The Kier molecular flexibility index (Phi) is 6.23.